The van der Waals surface area contributed by atoms with Crippen molar-refractivity contribution in [3.63, 3.8) is 0 Å². The van der Waals surface area contributed by atoms with Gasteiger partial charge in [0.05, 0.1) is 6.10 Å². The second-order valence-electron chi connectivity index (χ2n) is 6.00. The molecule has 1 saturated heterocycles. The van der Waals surface area contributed by atoms with Crippen molar-refractivity contribution in [3.8, 4) is 0 Å². The molecule has 1 aliphatic heterocycles. The third-order valence-corrected chi connectivity index (χ3v) is 4.68. The highest BCUT2D eigenvalue weighted by molar-refractivity contribution is 5.31. The molecule has 2 nitrogen and oxygen atoms in total. The first-order chi connectivity index (χ1) is 9.07. The lowest BCUT2D eigenvalue weighted by Crippen LogP contribution is -2.41. The van der Waals surface area contributed by atoms with Crippen molar-refractivity contribution in [2.45, 2.75) is 46.6 Å². The van der Waals surface area contributed by atoms with Gasteiger partial charge in [-0.25, -0.2) is 0 Å². The van der Waals surface area contributed by atoms with E-state index in [-0.39, 0.29) is 5.41 Å². The van der Waals surface area contributed by atoms with Gasteiger partial charge in [-0.1, -0.05) is 25.1 Å². The lowest BCUT2D eigenvalue weighted by atomic mass is 9.76. The maximum atomic E-state index is 5.85. The van der Waals surface area contributed by atoms with E-state index in [1.165, 1.54) is 16.7 Å². The van der Waals surface area contributed by atoms with Crippen molar-refractivity contribution < 1.29 is 4.74 Å². The molecule has 0 radical (unpaired) electrons. The van der Waals surface area contributed by atoms with Gasteiger partial charge in [-0.05, 0) is 56.8 Å². The van der Waals surface area contributed by atoms with Crippen LogP contribution in [0.1, 0.15) is 37.0 Å². The molecule has 0 saturated carbocycles. The van der Waals surface area contributed by atoms with Gasteiger partial charge in [0.25, 0.3) is 0 Å². The summed E-state index contributed by atoms with van der Waals surface area (Å²) in [5.74, 6) is 0. The molecule has 106 valence electrons. The highest BCUT2D eigenvalue weighted by Gasteiger charge is 2.41. The standard InChI is InChI=1S/C17H27NO/c1-5-18-12-17(8-9-19-15(17)4)11-16-7-6-13(2)14(3)10-16/h6-7,10,15,18H,5,8-9,11-12H2,1-4H3. The van der Waals surface area contributed by atoms with Gasteiger partial charge in [-0.15, -0.1) is 0 Å². The smallest absolute Gasteiger partial charge is 0.0619 e. The molecule has 2 rings (SSSR count). The number of aryl methyl sites for hydroxylation is 2. The maximum Gasteiger partial charge on any atom is 0.0619 e. The van der Waals surface area contributed by atoms with E-state index in [4.69, 9.17) is 4.74 Å². The lowest BCUT2D eigenvalue weighted by Gasteiger charge is -2.33. The van der Waals surface area contributed by atoms with Crippen LogP contribution in [-0.2, 0) is 11.2 Å². The summed E-state index contributed by atoms with van der Waals surface area (Å²) in [5.41, 5.74) is 4.47. The Morgan fingerprint density at radius 3 is 2.68 bits per heavy atom. The largest absolute Gasteiger partial charge is 0.378 e. The van der Waals surface area contributed by atoms with Gasteiger partial charge in [0.15, 0.2) is 0 Å². The molecule has 0 amide bonds. The Morgan fingerprint density at radius 2 is 2.11 bits per heavy atom. The molecule has 1 aromatic carbocycles. The first-order valence-electron chi connectivity index (χ1n) is 7.46. The van der Waals surface area contributed by atoms with Crippen LogP contribution in [0.3, 0.4) is 0 Å². The van der Waals surface area contributed by atoms with Crippen molar-refractivity contribution in [2.75, 3.05) is 19.7 Å². The van der Waals surface area contributed by atoms with Gasteiger partial charge >= 0.3 is 0 Å². The highest BCUT2D eigenvalue weighted by atomic mass is 16.5. The van der Waals surface area contributed by atoms with Gasteiger partial charge in [0.1, 0.15) is 0 Å². The van der Waals surface area contributed by atoms with E-state index in [9.17, 15) is 0 Å². The number of hydrogen-bond acceptors (Lipinski definition) is 2. The van der Waals surface area contributed by atoms with Crippen LogP contribution in [0.25, 0.3) is 0 Å². The number of benzene rings is 1. The molecule has 0 bridgehead atoms. The monoisotopic (exact) mass is 261 g/mol. The van der Waals surface area contributed by atoms with Crippen molar-refractivity contribution in [1.29, 1.82) is 0 Å². The van der Waals surface area contributed by atoms with Gasteiger partial charge < -0.3 is 10.1 Å². The number of hydrogen-bond donors (Lipinski definition) is 1. The Labute approximate surface area is 117 Å². The summed E-state index contributed by atoms with van der Waals surface area (Å²) in [7, 11) is 0. The summed E-state index contributed by atoms with van der Waals surface area (Å²) >= 11 is 0. The zero-order valence-electron chi connectivity index (χ0n) is 12.8. The summed E-state index contributed by atoms with van der Waals surface area (Å²) in [5, 5.41) is 3.53. The van der Waals surface area contributed by atoms with E-state index < -0.39 is 0 Å². The predicted octanol–water partition coefficient (Wildman–Crippen LogP) is 3.25. The van der Waals surface area contributed by atoms with Crippen molar-refractivity contribution in [2.24, 2.45) is 5.41 Å². The Bertz CT molecular complexity index is 429. The molecule has 2 atom stereocenters. The summed E-state index contributed by atoms with van der Waals surface area (Å²) < 4.78 is 5.85. The van der Waals surface area contributed by atoms with E-state index in [0.29, 0.717) is 6.10 Å². The van der Waals surface area contributed by atoms with Crippen LogP contribution in [0.4, 0.5) is 0 Å². The summed E-state index contributed by atoms with van der Waals surface area (Å²) in [4.78, 5) is 0. The number of ether oxygens (including phenoxy) is 1. The average molecular weight is 261 g/mol. The topological polar surface area (TPSA) is 21.3 Å². The van der Waals surface area contributed by atoms with E-state index in [1.54, 1.807) is 0 Å². The van der Waals surface area contributed by atoms with Crippen LogP contribution in [0, 0.1) is 19.3 Å². The molecule has 2 heteroatoms. The van der Waals surface area contributed by atoms with Crippen LogP contribution in [0.5, 0.6) is 0 Å². The van der Waals surface area contributed by atoms with Crippen LogP contribution < -0.4 is 5.32 Å². The molecule has 1 aromatic rings. The highest BCUT2D eigenvalue weighted by Crippen LogP contribution is 2.38. The summed E-state index contributed by atoms with van der Waals surface area (Å²) in [6.07, 6.45) is 2.62. The molecule has 0 spiro atoms. The van der Waals surface area contributed by atoms with Gasteiger partial charge in [0, 0.05) is 18.6 Å². The van der Waals surface area contributed by atoms with Crippen LogP contribution in [0.15, 0.2) is 18.2 Å². The van der Waals surface area contributed by atoms with E-state index in [0.717, 1.165) is 32.5 Å². The van der Waals surface area contributed by atoms with Crippen LogP contribution in [-0.4, -0.2) is 25.8 Å². The minimum absolute atomic E-state index is 0.262. The molecule has 1 N–H and O–H groups in total. The summed E-state index contributed by atoms with van der Waals surface area (Å²) in [6.45, 7) is 11.8. The molecule has 1 heterocycles. The Hall–Kier alpha value is -0.860. The molecule has 1 aliphatic rings. The minimum atomic E-state index is 0.262. The molecule has 0 aliphatic carbocycles. The fourth-order valence-electron chi connectivity index (χ4n) is 3.04. The molecule has 1 fully saturated rings. The SMILES string of the molecule is CCNCC1(Cc2ccc(C)c(C)c2)CCOC1C. The number of rotatable bonds is 5. The quantitative estimate of drug-likeness (QED) is 0.878. The normalized spacial score (nSPS) is 26.8. The zero-order chi connectivity index (χ0) is 13.9. The molecular weight excluding hydrogens is 234 g/mol. The first kappa shape index (κ1) is 14.5. The first-order valence-corrected chi connectivity index (χ1v) is 7.46. The molecule has 19 heavy (non-hydrogen) atoms. The Balaban J connectivity index is 2.17. The van der Waals surface area contributed by atoms with Crippen LogP contribution >= 0.6 is 0 Å². The van der Waals surface area contributed by atoms with Crippen molar-refractivity contribution >= 4 is 0 Å². The Kier molecular flexibility index (Phi) is 4.64. The van der Waals surface area contributed by atoms with Crippen molar-refractivity contribution in [1.82, 2.24) is 5.32 Å². The van der Waals surface area contributed by atoms with Gasteiger partial charge in [0.2, 0.25) is 0 Å². The average Bonchev–Trinajstić information content (AvgIpc) is 2.73. The number of nitrogens with one attached hydrogen (secondary N) is 1. The fourth-order valence-corrected chi connectivity index (χ4v) is 3.04. The minimum Gasteiger partial charge on any atom is -0.378 e. The molecule has 2 unspecified atom stereocenters. The Morgan fingerprint density at radius 1 is 1.32 bits per heavy atom. The second kappa shape index (κ2) is 6.06. The molecule has 0 aromatic heterocycles. The van der Waals surface area contributed by atoms with Gasteiger partial charge in [-0.3, -0.25) is 0 Å². The fraction of sp³-hybridized carbons (Fsp3) is 0.647. The van der Waals surface area contributed by atoms with Gasteiger partial charge in [-0.2, -0.15) is 0 Å². The van der Waals surface area contributed by atoms with E-state index in [2.05, 4.69) is 51.2 Å². The predicted molar refractivity (Wildman–Crippen MR) is 80.6 cm³/mol. The zero-order valence-corrected chi connectivity index (χ0v) is 12.8. The third-order valence-electron chi connectivity index (χ3n) is 4.68. The lowest BCUT2D eigenvalue weighted by molar-refractivity contribution is 0.0633. The molecular formula is C17H27NO. The van der Waals surface area contributed by atoms with E-state index >= 15 is 0 Å². The maximum absolute atomic E-state index is 5.85. The van der Waals surface area contributed by atoms with Crippen molar-refractivity contribution in [3.05, 3.63) is 34.9 Å². The van der Waals surface area contributed by atoms with E-state index in [1.807, 2.05) is 0 Å². The van der Waals surface area contributed by atoms with Crippen LogP contribution in [0.2, 0.25) is 0 Å². The third kappa shape index (κ3) is 3.18. The summed E-state index contributed by atoms with van der Waals surface area (Å²) in [6, 6.07) is 6.86. The second-order valence-corrected chi connectivity index (χ2v) is 6.00.